The Hall–Kier alpha value is -2.34. The molecule has 2 N–H and O–H groups in total. The average molecular weight is 371 g/mol. The molecule has 0 aliphatic rings. The monoisotopic (exact) mass is 370 g/mol. The third-order valence-electron chi connectivity index (χ3n) is 4.23. The SMILES string of the molecule is CCNC(=NCc1ccc(CN(C)C)cc1)NCCCn1nc(C)cc1C. The Labute approximate surface area is 163 Å². The molecule has 0 aliphatic carbocycles. The van der Waals surface area contributed by atoms with Gasteiger partial charge in [0.25, 0.3) is 0 Å². The van der Waals surface area contributed by atoms with Crippen molar-refractivity contribution in [1.82, 2.24) is 25.3 Å². The van der Waals surface area contributed by atoms with Crippen molar-refractivity contribution >= 4 is 5.96 Å². The van der Waals surface area contributed by atoms with Gasteiger partial charge in [0.05, 0.1) is 12.2 Å². The van der Waals surface area contributed by atoms with Gasteiger partial charge in [-0.15, -0.1) is 0 Å². The lowest BCUT2D eigenvalue weighted by atomic mass is 10.1. The second-order valence-electron chi connectivity index (χ2n) is 7.18. The minimum Gasteiger partial charge on any atom is -0.357 e. The van der Waals surface area contributed by atoms with Gasteiger partial charge in [-0.25, -0.2) is 4.99 Å². The highest BCUT2D eigenvalue weighted by molar-refractivity contribution is 5.79. The van der Waals surface area contributed by atoms with Crippen molar-refractivity contribution < 1.29 is 0 Å². The van der Waals surface area contributed by atoms with Crippen molar-refractivity contribution in [3.05, 3.63) is 52.8 Å². The van der Waals surface area contributed by atoms with E-state index in [1.54, 1.807) is 0 Å². The molecule has 0 saturated heterocycles. The highest BCUT2D eigenvalue weighted by Gasteiger charge is 2.02. The molecule has 0 fully saturated rings. The number of aryl methyl sites for hydroxylation is 3. The van der Waals surface area contributed by atoms with Crippen molar-refractivity contribution in [2.24, 2.45) is 4.99 Å². The summed E-state index contributed by atoms with van der Waals surface area (Å²) >= 11 is 0. The summed E-state index contributed by atoms with van der Waals surface area (Å²) in [5, 5.41) is 11.2. The van der Waals surface area contributed by atoms with E-state index < -0.39 is 0 Å². The van der Waals surface area contributed by atoms with Gasteiger partial charge in [-0.2, -0.15) is 5.10 Å². The van der Waals surface area contributed by atoms with Crippen LogP contribution in [0.5, 0.6) is 0 Å². The predicted octanol–water partition coefficient (Wildman–Crippen LogP) is 2.71. The number of aliphatic imine (C=N–C) groups is 1. The first-order valence-electron chi connectivity index (χ1n) is 9.73. The molecule has 0 bridgehead atoms. The predicted molar refractivity (Wildman–Crippen MR) is 113 cm³/mol. The smallest absolute Gasteiger partial charge is 0.191 e. The number of benzene rings is 1. The molecule has 2 aromatic rings. The lowest BCUT2D eigenvalue weighted by Gasteiger charge is -2.12. The third-order valence-corrected chi connectivity index (χ3v) is 4.23. The second kappa shape index (κ2) is 10.7. The van der Waals surface area contributed by atoms with Gasteiger partial charge in [-0.1, -0.05) is 24.3 Å². The Kier molecular flexibility index (Phi) is 8.33. The molecule has 148 valence electrons. The Morgan fingerprint density at radius 3 is 2.41 bits per heavy atom. The van der Waals surface area contributed by atoms with Gasteiger partial charge in [0, 0.05) is 31.9 Å². The summed E-state index contributed by atoms with van der Waals surface area (Å²) in [5.41, 5.74) is 4.83. The number of rotatable bonds is 9. The van der Waals surface area contributed by atoms with Crippen LogP contribution >= 0.6 is 0 Å². The van der Waals surface area contributed by atoms with Gasteiger partial charge in [0.1, 0.15) is 0 Å². The van der Waals surface area contributed by atoms with E-state index in [1.807, 2.05) is 6.92 Å². The zero-order valence-electron chi connectivity index (χ0n) is 17.4. The number of aromatic nitrogens is 2. The molecule has 6 heteroatoms. The summed E-state index contributed by atoms with van der Waals surface area (Å²) in [6.07, 6.45) is 1.01. The molecule has 0 spiro atoms. The number of hydrogen-bond acceptors (Lipinski definition) is 3. The molecule has 0 amide bonds. The van der Waals surface area contributed by atoms with Crippen LogP contribution in [0.2, 0.25) is 0 Å². The molecule has 2 rings (SSSR count). The first-order valence-corrected chi connectivity index (χ1v) is 9.73. The maximum Gasteiger partial charge on any atom is 0.191 e. The van der Waals surface area contributed by atoms with Crippen LogP contribution in [0.4, 0.5) is 0 Å². The van der Waals surface area contributed by atoms with Gasteiger partial charge in [-0.05, 0) is 58.5 Å². The van der Waals surface area contributed by atoms with Crippen molar-refractivity contribution in [2.45, 2.75) is 46.8 Å². The lowest BCUT2D eigenvalue weighted by molar-refractivity contribution is 0.402. The molecule has 0 radical (unpaired) electrons. The summed E-state index contributed by atoms with van der Waals surface area (Å²) in [5.74, 6) is 0.864. The summed E-state index contributed by atoms with van der Waals surface area (Å²) < 4.78 is 2.07. The van der Waals surface area contributed by atoms with Gasteiger partial charge in [-0.3, -0.25) is 4.68 Å². The number of guanidine groups is 1. The number of nitrogens with zero attached hydrogens (tertiary/aromatic N) is 4. The van der Waals surface area contributed by atoms with Crippen LogP contribution in [-0.2, 0) is 19.6 Å². The molecule has 27 heavy (non-hydrogen) atoms. The first-order chi connectivity index (χ1) is 13.0. The number of nitrogens with one attached hydrogen (secondary N) is 2. The van der Waals surface area contributed by atoms with Crippen LogP contribution in [0.1, 0.15) is 35.9 Å². The summed E-state index contributed by atoms with van der Waals surface area (Å²) in [6, 6.07) is 10.8. The quantitative estimate of drug-likeness (QED) is 0.405. The van der Waals surface area contributed by atoms with E-state index in [0.717, 1.165) is 44.3 Å². The zero-order valence-corrected chi connectivity index (χ0v) is 17.4. The fraction of sp³-hybridized carbons (Fsp3) is 0.524. The van der Waals surface area contributed by atoms with Crippen molar-refractivity contribution in [3.63, 3.8) is 0 Å². The van der Waals surface area contributed by atoms with Crippen LogP contribution in [0, 0.1) is 13.8 Å². The molecule has 1 aromatic carbocycles. The second-order valence-corrected chi connectivity index (χ2v) is 7.18. The fourth-order valence-electron chi connectivity index (χ4n) is 2.96. The molecule has 1 aromatic heterocycles. The van der Waals surface area contributed by atoms with Crippen molar-refractivity contribution in [2.75, 3.05) is 27.2 Å². The van der Waals surface area contributed by atoms with Gasteiger partial charge in [0.2, 0.25) is 0 Å². The van der Waals surface area contributed by atoms with Crippen LogP contribution < -0.4 is 10.6 Å². The molecule has 0 unspecified atom stereocenters. The largest absolute Gasteiger partial charge is 0.357 e. The van der Waals surface area contributed by atoms with E-state index in [-0.39, 0.29) is 0 Å². The lowest BCUT2D eigenvalue weighted by Crippen LogP contribution is -2.38. The molecular weight excluding hydrogens is 336 g/mol. The van der Waals surface area contributed by atoms with Gasteiger partial charge < -0.3 is 15.5 Å². The van der Waals surface area contributed by atoms with E-state index >= 15 is 0 Å². The minimum absolute atomic E-state index is 0.676. The Balaban J connectivity index is 1.81. The van der Waals surface area contributed by atoms with Crippen LogP contribution in [-0.4, -0.2) is 47.8 Å². The molecule has 1 heterocycles. The normalized spacial score (nSPS) is 11.9. The molecule has 6 nitrogen and oxygen atoms in total. The van der Waals surface area contributed by atoms with E-state index in [0.29, 0.717) is 6.54 Å². The van der Waals surface area contributed by atoms with E-state index in [1.165, 1.54) is 16.8 Å². The third kappa shape index (κ3) is 7.43. The van der Waals surface area contributed by atoms with E-state index in [4.69, 9.17) is 4.99 Å². The van der Waals surface area contributed by atoms with Crippen LogP contribution in [0.15, 0.2) is 35.3 Å². The van der Waals surface area contributed by atoms with Crippen LogP contribution in [0.25, 0.3) is 0 Å². The van der Waals surface area contributed by atoms with E-state index in [9.17, 15) is 0 Å². The maximum absolute atomic E-state index is 4.70. The maximum atomic E-state index is 4.70. The fourth-order valence-corrected chi connectivity index (χ4v) is 2.96. The topological polar surface area (TPSA) is 57.5 Å². The van der Waals surface area contributed by atoms with Crippen molar-refractivity contribution in [3.8, 4) is 0 Å². The summed E-state index contributed by atoms with van der Waals surface area (Å²) in [6.45, 7) is 10.5. The Morgan fingerprint density at radius 1 is 1.11 bits per heavy atom. The van der Waals surface area contributed by atoms with Gasteiger partial charge in [0.15, 0.2) is 5.96 Å². The molecule has 0 saturated carbocycles. The summed E-state index contributed by atoms with van der Waals surface area (Å²) in [7, 11) is 4.17. The van der Waals surface area contributed by atoms with Crippen molar-refractivity contribution in [1.29, 1.82) is 0 Å². The van der Waals surface area contributed by atoms with E-state index in [2.05, 4.69) is 83.6 Å². The molecule has 0 aliphatic heterocycles. The average Bonchev–Trinajstić information content (AvgIpc) is 2.94. The zero-order chi connectivity index (χ0) is 19.6. The molecular formula is C21H34N6. The standard InChI is InChI=1S/C21H34N6/c1-6-22-21(23-12-7-13-27-18(3)14-17(2)25-27)24-15-19-8-10-20(11-9-19)16-26(4)5/h8-11,14H,6-7,12-13,15-16H2,1-5H3,(H2,22,23,24). The first kappa shape index (κ1) is 21.0. The number of hydrogen-bond donors (Lipinski definition) is 2. The minimum atomic E-state index is 0.676. The Morgan fingerprint density at radius 2 is 1.81 bits per heavy atom. The highest BCUT2D eigenvalue weighted by Crippen LogP contribution is 2.07. The Bertz CT molecular complexity index is 715. The van der Waals surface area contributed by atoms with Crippen LogP contribution in [0.3, 0.4) is 0 Å². The van der Waals surface area contributed by atoms with Gasteiger partial charge >= 0.3 is 0 Å². The molecule has 0 atom stereocenters. The highest BCUT2D eigenvalue weighted by atomic mass is 15.3. The summed E-state index contributed by atoms with van der Waals surface area (Å²) in [4.78, 5) is 6.88.